The first-order valence-electron chi connectivity index (χ1n) is 5.55. The number of rotatable bonds is 2. The number of aromatic nitrogens is 5. The third kappa shape index (κ3) is 2.09. The molecule has 5 nitrogen and oxygen atoms in total. The van der Waals surface area contributed by atoms with Crippen molar-refractivity contribution >= 4 is 10.9 Å². The Bertz CT molecular complexity index is 637. The Labute approximate surface area is 118 Å². The first-order valence-corrected chi connectivity index (χ1v) is 5.55. The number of hydrogen-bond acceptors (Lipinski definition) is 3. The average molecular weight is 418 g/mol. The van der Waals surface area contributed by atoms with Crippen LogP contribution in [0.1, 0.15) is 12.7 Å². The summed E-state index contributed by atoms with van der Waals surface area (Å²) in [6, 6.07) is 7.87. The van der Waals surface area contributed by atoms with Crippen LogP contribution in [-0.4, -0.2) is 24.5 Å². The zero-order valence-electron chi connectivity index (χ0n) is 10.1. The zero-order valence-corrected chi connectivity index (χ0v) is 12.5. The molecule has 0 unspecified atom stereocenters. The molecule has 3 rings (SSSR count). The molecule has 1 aromatic carbocycles. The smallest absolute Gasteiger partial charge is 0.172 e. The molecule has 2 heterocycles. The van der Waals surface area contributed by atoms with E-state index in [4.69, 9.17) is 0 Å². The molecule has 0 bridgehead atoms. The third-order valence-corrected chi connectivity index (χ3v) is 2.63. The second-order valence-corrected chi connectivity index (χ2v) is 3.85. The topological polar surface area (TPSA) is 48.5 Å². The molecule has 0 atom stereocenters. The van der Waals surface area contributed by atoms with Crippen molar-refractivity contribution in [2.24, 2.45) is 7.05 Å². The van der Waals surface area contributed by atoms with Gasteiger partial charge in [-0.1, -0.05) is 19.1 Å². The quantitative estimate of drug-likeness (QED) is 0.593. The summed E-state index contributed by atoms with van der Waals surface area (Å²) in [5, 5.41) is 9.71. The van der Waals surface area contributed by atoms with Crippen LogP contribution in [0.25, 0.3) is 16.9 Å². The van der Waals surface area contributed by atoms with E-state index in [0.717, 1.165) is 23.1 Å². The second-order valence-electron chi connectivity index (χ2n) is 3.85. The van der Waals surface area contributed by atoms with E-state index in [-0.39, 0.29) is 20.1 Å². The van der Waals surface area contributed by atoms with Gasteiger partial charge in [0.25, 0.3) is 0 Å². The van der Waals surface area contributed by atoms with E-state index in [1.807, 2.05) is 38.2 Å². The molecule has 0 saturated carbocycles. The van der Waals surface area contributed by atoms with Crippen LogP contribution >= 0.6 is 0 Å². The summed E-state index contributed by atoms with van der Waals surface area (Å²) >= 11 is 0. The molecule has 0 N–H and O–H groups in total. The van der Waals surface area contributed by atoms with Crippen LogP contribution in [0.3, 0.4) is 0 Å². The number of hydrogen-bond donors (Lipinski definition) is 0. The van der Waals surface area contributed by atoms with Crippen LogP contribution in [0.2, 0.25) is 0 Å². The van der Waals surface area contributed by atoms with Crippen molar-refractivity contribution < 1.29 is 20.1 Å². The summed E-state index contributed by atoms with van der Waals surface area (Å²) in [6.07, 6.45) is 3.99. The normalized spacial score (nSPS) is 10.6. The van der Waals surface area contributed by atoms with Gasteiger partial charge in [0.1, 0.15) is 5.82 Å². The van der Waals surface area contributed by atoms with Gasteiger partial charge in [0.2, 0.25) is 0 Å². The van der Waals surface area contributed by atoms with Gasteiger partial charge in [-0.3, -0.25) is 9.36 Å². The van der Waals surface area contributed by atoms with Crippen LogP contribution in [0, 0.1) is 6.20 Å². The van der Waals surface area contributed by atoms with Crippen LogP contribution in [0.15, 0.2) is 24.3 Å². The van der Waals surface area contributed by atoms with E-state index in [9.17, 15) is 0 Å². The van der Waals surface area contributed by atoms with Crippen LogP contribution in [-0.2, 0) is 33.6 Å². The monoisotopic (exact) mass is 419 g/mol. The maximum atomic E-state index is 4.43. The minimum atomic E-state index is 0. The van der Waals surface area contributed by atoms with E-state index < -0.39 is 0 Å². The van der Waals surface area contributed by atoms with Gasteiger partial charge in [-0.25, -0.2) is 10.1 Å². The predicted molar refractivity (Wildman–Crippen MR) is 63.8 cm³/mol. The summed E-state index contributed by atoms with van der Waals surface area (Å²) in [4.78, 5) is 4.41. The van der Waals surface area contributed by atoms with Gasteiger partial charge in [-0.15, -0.1) is 17.5 Å². The molecule has 0 fully saturated rings. The van der Waals surface area contributed by atoms with E-state index >= 15 is 0 Å². The Morgan fingerprint density at radius 1 is 1.22 bits per heavy atom. The fraction of sp³-hybridized carbons (Fsp3) is 0.250. The number of benzene rings is 1. The number of aryl methyl sites for hydroxylation is 2. The zero-order chi connectivity index (χ0) is 11.8. The first-order chi connectivity index (χ1) is 8.28. The van der Waals surface area contributed by atoms with E-state index in [2.05, 4.69) is 21.4 Å². The van der Waals surface area contributed by atoms with Gasteiger partial charge in [0.15, 0.2) is 5.95 Å². The Hall–Kier alpha value is -1.52. The summed E-state index contributed by atoms with van der Waals surface area (Å²) in [5.41, 5.74) is 0.911. The van der Waals surface area contributed by atoms with Crippen LogP contribution in [0.5, 0.6) is 0 Å². The molecular weight excluding hydrogens is 406 g/mol. The van der Waals surface area contributed by atoms with Crippen molar-refractivity contribution in [2.45, 2.75) is 13.3 Å². The van der Waals surface area contributed by atoms with Crippen molar-refractivity contribution in [1.29, 1.82) is 0 Å². The van der Waals surface area contributed by atoms with Gasteiger partial charge in [-0.05, 0) is 6.20 Å². The summed E-state index contributed by atoms with van der Waals surface area (Å²) in [7, 11) is 1.86. The molecule has 95 valence electrons. The van der Waals surface area contributed by atoms with Crippen molar-refractivity contribution in [3.8, 4) is 5.95 Å². The molecule has 3 aromatic rings. The van der Waals surface area contributed by atoms with E-state index in [1.165, 1.54) is 0 Å². The molecule has 6 heteroatoms. The fourth-order valence-corrected chi connectivity index (χ4v) is 1.76. The maximum absolute atomic E-state index is 4.43. The fourth-order valence-electron chi connectivity index (χ4n) is 1.76. The van der Waals surface area contributed by atoms with Gasteiger partial charge >= 0.3 is 0 Å². The van der Waals surface area contributed by atoms with E-state index in [0.29, 0.717) is 5.95 Å². The van der Waals surface area contributed by atoms with Crippen LogP contribution < -0.4 is 0 Å². The summed E-state index contributed by atoms with van der Waals surface area (Å²) in [6.45, 7) is 2.03. The third-order valence-electron chi connectivity index (χ3n) is 2.63. The molecule has 0 amide bonds. The first kappa shape index (κ1) is 12.9. The molecule has 0 aliphatic rings. The van der Waals surface area contributed by atoms with Gasteiger partial charge < -0.3 is 0 Å². The largest absolute Gasteiger partial charge is 0.295 e. The summed E-state index contributed by atoms with van der Waals surface area (Å²) in [5.74, 6) is 1.51. The standard InChI is InChI=1S/C12H12N5.Ir/c1-3-11-13-12(16(2)15-11)17-8-9-6-4-5-7-10(9)14-17;/h4-7H,3H2,1-2H3;/q-1;. The Morgan fingerprint density at radius 2 is 2.00 bits per heavy atom. The van der Waals surface area contributed by atoms with Crippen molar-refractivity contribution in [2.75, 3.05) is 0 Å². The minimum Gasteiger partial charge on any atom is -0.295 e. The SMILES string of the molecule is CCc1nc(-n2[c-]c3ccccc3n2)n(C)n1.[Ir]. The molecule has 1 radical (unpaired) electrons. The molecular formula is C12H12IrN5-. The number of nitrogens with zero attached hydrogens (tertiary/aromatic N) is 5. The summed E-state index contributed by atoms with van der Waals surface area (Å²) < 4.78 is 3.37. The number of fused-ring (bicyclic) bond motifs is 1. The average Bonchev–Trinajstić information content (AvgIpc) is 2.91. The van der Waals surface area contributed by atoms with Crippen molar-refractivity contribution in [3.05, 3.63) is 36.3 Å². The molecule has 0 spiro atoms. The van der Waals surface area contributed by atoms with Gasteiger partial charge in [-0.2, -0.15) is 5.10 Å². The molecule has 2 aromatic heterocycles. The van der Waals surface area contributed by atoms with Gasteiger partial charge in [0, 0.05) is 39.1 Å². The van der Waals surface area contributed by atoms with Crippen LogP contribution in [0.4, 0.5) is 0 Å². The second kappa shape index (κ2) is 5.00. The van der Waals surface area contributed by atoms with Gasteiger partial charge in [0.05, 0.1) is 0 Å². The Balaban J connectivity index is 0.00000120. The minimum absolute atomic E-state index is 0. The van der Waals surface area contributed by atoms with E-state index in [1.54, 1.807) is 9.36 Å². The Kier molecular flexibility index (Phi) is 3.59. The predicted octanol–water partition coefficient (Wildman–Crippen LogP) is 1.51. The molecule has 0 aliphatic heterocycles. The molecule has 0 saturated heterocycles. The maximum Gasteiger partial charge on any atom is 0.172 e. The molecule has 18 heavy (non-hydrogen) atoms. The van der Waals surface area contributed by atoms with Crippen molar-refractivity contribution in [1.82, 2.24) is 24.5 Å². The molecule has 0 aliphatic carbocycles. The van der Waals surface area contributed by atoms with Crippen molar-refractivity contribution in [3.63, 3.8) is 0 Å². The Morgan fingerprint density at radius 3 is 2.67 bits per heavy atom.